The highest BCUT2D eigenvalue weighted by molar-refractivity contribution is 7.09. The third kappa shape index (κ3) is 4.01. The lowest BCUT2D eigenvalue weighted by Crippen LogP contribution is -2.32. The molecule has 2 rings (SSSR count). The number of aliphatic hydroxyl groups is 1. The molecule has 5 nitrogen and oxygen atoms in total. The molecule has 112 valence electrons. The molecule has 2 N–H and O–H groups in total. The van der Waals surface area contributed by atoms with Gasteiger partial charge in [-0.1, -0.05) is 0 Å². The maximum absolute atomic E-state index is 11.8. The molecule has 1 aromatic heterocycles. The number of amides is 1. The van der Waals surface area contributed by atoms with Crippen molar-refractivity contribution in [2.24, 2.45) is 5.41 Å². The van der Waals surface area contributed by atoms with Crippen molar-refractivity contribution in [2.75, 3.05) is 19.8 Å². The molecule has 0 bridgehead atoms. The van der Waals surface area contributed by atoms with E-state index in [1.54, 1.807) is 0 Å². The first kappa shape index (κ1) is 15.4. The smallest absolute Gasteiger partial charge is 0.226 e. The second-order valence-electron chi connectivity index (χ2n) is 5.39. The van der Waals surface area contributed by atoms with Gasteiger partial charge in [-0.2, -0.15) is 0 Å². The third-order valence-corrected chi connectivity index (χ3v) is 4.68. The van der Waals surface area contributed by atoms with E-state index in [4.69, 9.17) is 4.74 Å². The maximum atomic E-state index is 11.8. The topological polar surface area (TPSA) is 71.5 Å². The number of aliphatic hydroxyl groups excluding tert-OH is 1. The van der Waals surface area contributed by atoms with E-state index in [0.29, 0.717) is 13.2 Å². The number of nitrogens with zero attached hydrogens (tertiary/aromatic N) is 1. The summed E-state index contributed by atoms with van der Waals surface area (Å²) in [4.78, 5) is 16.3. The van der Waals surface area contributed by atoms with Gasteiger partial charge in [-0.15, -0.1) is 11.3 Å². The van der Waals surface area contributed by atoms with Gasteiger partial charge in [-0.3, -0.25) is 4.79 Å². The van der Waals surface area contributed by atoms with Crippen molar-refractivity contribution >= 4 is 17.2 Å². The van der Waals surface area contributed by atoms with Gasteiger partial charge in [-0.05, 0) is 26.7 Å². The Hall–Kier alpha value is -0.980. The van der Waals surface area contributed by atoms with Gasteiger partial charge in [0.15, 0.2) is 0 Å². The molecule has 1 saturated carbocycles. The lowest BCUT2D eigenvalue weighted by atomic mass is 10.1. The van der Waals surface area contributed by atoms with E-state index in [1.165, 1.54) is 11.3 Å². The van der Waals surface area contributed by atoms with Crippen molar-refractivity contribution in [2.45, 2.75) is 39.2 Å². The van der Waals surface area contributed by atoms with Crippen LogP contribution in [-0.2, 0) is 16.0 Å². The lowest BCUT2D eigenvalue weighted by Gasteiger charge is -2.12. The van der Waals surface area contributed by atoms with Crippen LogP contribution in [0.2, 0.25) is 0 Å². The van der Waals surface area contributed by atoms with Crippen LogP contribution in [0, 0.1) is 5.41 Å². The van der Waals surface area contributed by atoms with Crippen LogP contribution in [0.15, 0.2) is 5.38 Å². The second kappa shape index (κ2) is 6.65. The number of aromatic nitrogens is 1. The van der Waals surface area contributed by atoms with E-state index >= 15 is 0 Å². The van der Waals surface area contributed by atoms with Crippen molar-refractivity contribution in [3.63, 3.8) is 0 Å². The highest BCUT2D eigenvalue weighted by Gasteiger charge is 2.42. The Kier molecular flexibility index (Phi) is 5.12. The summed E-state index contributed by atoms with van der Waals surface area (Å²) in [5.41, 5.74) is 0.731. The number of hydrogen-bond donors (Lipinski definition) is 2. The number of rotatable bonds is 8. The fourth-order valence-corrected chi connectivity index (χ4v) is 2.81. The SMILES string of the molecule is CCOC(C)c1nc(CC(=O)NCC2(CO)CC2)cs1. The number of carbonyl (C=O) groups is 1. The van der Waals surface area contributed by atoms with E-state index in [2.05, 4.69) is 10.3 Å². The van der Waals surface area contributed by atoms with Crippen LogP contribution < -0.4 is 5.32 Å². The average molecular weight is 298 g/mol. The average Bonchev–Trinajstić information content (AvgIpc) is 3.08. The highest BCUT2D eigenvalue weighted by atomic mass is 32.1. The van der Waals surface area contributed by atoms with Crippen LogP contribution >= 0.6 is 11.3 Å². The largest absolute Gasteiger partial charge is 0.396 e. The van der Waals surface area contributed by atoms with Gasteiger partial charge in [0.05, 0.1) is 18.7 Å². The fraction of sp³-hybridized carbons (Fsp3) is 0.714. The minimum Gasteiger partial charge on any atom is -0.396 e. The van der Waals surface area contributed by atoms with Crippen molar-refractivity contribution in [1.29, 1.82) is 0 Å². The molecule has 6 heteroatoms. The molecule has 1 unspecified atom stereocenters. The molecule has 1 atom stereocenters. The van der Waals surface area contributed by atoms with Crippen LogP contribution in [0.4, 0.5) is 0 Å². The van der Waals surface area contributed by atoms with Gasteiger partial charge in [0.1, 0.15) is 11.1 Å². The molecule has 1 aromatic rings. The molecule has 1 heterocycles. The van der Waals surface area contributed by atoms with Gasteiger partial charge in [0, 0.05) is 23.9 Å². The summed E-state index contributed by atoms with van der Waals surface area (Å²) < 4.78 is 5.48. The van der Waals surface area contributed by atoms with Gasteiger partial charge >= 0.3 is 0 Å². The zero-order chi connectivity index (χ0) is 14.6. The second-order valence-corrected chi connectivity index (χ2v) is 6.28. The van der Waals surface area contributed by atoms with Gasteiger partial charge in [-0.25, -0.2) is 4.98 Å². The van der Waals surface area contributed by atoms with Crippen LogP contribution in [0.1, 0.15) is 43.5 Å². The molecule has 0 spiro atoms. The summed E-state index contributed by atoms with van der Waals surface area (Å²) in [5, 5.41) is 14.9. The number of nitrogens with one attached hydrogen (secondary N) is 1. The number of carbonyl (C=O) groups excluding carboxylic acids is 1. The normalized spacial score (nSPS) is 17.8. The molecule has 1 aliphatic rings. The predicted octanol–water partition coefficient (Wildman–Crippen LogP) is 1.67. The summed E-state index contributed by atoms with van der Waals surface area (Å²) in [6.07, 6.45) is 2.26. The quantitative estimate of drug-likeness (QED) is 0.766. The van der Waals surface area contributed by atoms with Crippen molar-refractivity contribution in [1.82, 2.24) is 10.3 Å². The Morgan fingerprint density at radius 1 is 1.65 bits per heavy atom. The van der Waals surface area contributed by atoms with Crippen LogP contribution in [0.5, 0.6) is 0 Å². The first-order valence-electron chi connectivity index (χ1n) is 7.02. The zero-order valence-electron chi connectivity index (χ0n) is 12.0. The molecule has 1 amide bonds. The summed E-state index contributed by atoms with van der Waals surface area (Å²) >= 11 is 1.52. The molecule has 1 fully saturated rings. The Labute approximate surface area is 123 Å². The Balaban J connectivity index is 1.79. The zero-order valence-corrected chi connectivity index (χ0v) is 12.8. The predicted molar refractivity (Wildman–Crippen MR) is 77.6 cm³/mol. The molecule has 0 aromatic carbocycles. The van der Waals surface area contributed by atoms with Gasteiger partial charge < -0.3 is 15.2 Å². The standard InChI is InChI=1S/C14H22N2O3S/c1-3-19-10(2)13-16-11(7-20-13)6-12(18)15-8-14(9-17)4-5-14/h7,10,17H,3-6,8-9H2,1-2H3,(H,15,18). The molecule has 0 saturated heterocycles. The minimum atomic E-state index is -0.0492. The number of hydrogen-bond acceptors (Lipinski definition) is 5. The van der Waals surface area contributed by atoms with Crippen LogP contribution in [-0.4, -0.2) is 35.8 Å². The van der Waals surface area contributed by atoms with Crippen molar-refractivity contribution in [3.8, 4) is 0 Å². The minimum absolute atomic E-state index is 0.0223. The van der Waals surface area contributed by atoms with E-state index in [-0.39, 0.29) is 30.5 Å². The molecule has 0 aliphatic heterocycles. The van der Waals surface area contributed by atoms with Crippen molar-refractivity contribution < 1.29 is 14.6 Å². The van der Waals surface area contributed by atoms with E-state index in [1.807, 2.05) is 19.2 Å². The molecule has 0 radical (unpaired) electrons. The van der Waals surface area contributed by atoms with Gasteiger partial charge in [0.25, 0.3) is 0 Å². The summed E-state index contributed by atoms with van der Waals surface area (Å²) in [6.45, 7) is 5.28. The molecular formula is C14H22N2O3S. The van der Waals surface area contributed by atoms with E-state index in [0.717, 1.165) is 23.5 Å². The number of thiazole rings is 1. The Bertz CT molecular complexity index is 457. The van der Waals surface area contributed by atoms with Crippen molar-refractivity contribution in [3.05, 3.63) is 16.1 Å². The monoisotopic (exact) mass is 298 g/mol. The Morgan fingerprint density at radius 2 is 2.40 bits per heavy atom. The van der Waals surface area contributed by atoms with E-state index < -0.39 is 0 Å². The lowest BCUT2D eigenvalue weighted by molar-refractivity contribution is -0.120. The summed E-state index contributed by atoms with van der Waals surface area (Å²) in [6, 6.07) is 0. The first-order valence-corrected chi connectivity index (χ1v) is 7.90. The summed E-state index contributed by atoms with van der Waals surface area (Å²) in [5.74, 6) is -0.0364. The molecular weight excluding hydrogens is 276 g/mol. The van der Waals surface area contributed by atoms with Gasteiger partial charge in [0.2, 0.25) is 5.91 Å². The van der Waals surface area contributed by atoms with Crippen LogP contribution in [0.25, 0.3) is 0 Å². The molecule has 1 aliphatic carbocycles. The highest BCUT2D eigenvalue weighted by Crippen LogP contribution is 2.44. The number of ether oxygens (including phenoxy) is 1. The summed E-state index contributed by atoms with van der Waals surface area (Å²) in [7, 11) is 0. The van der Waals surface area contributed by atoms with Crippen LogP contribution in [0.3, 0.4) is 0 Å². The Morgan fingerprint density at radius 3 is 3.00 bits per heavy atom. The first-order chi connectivity index (χ1) is 9.58. The van der Waals surface area contributed by atoms with E-state index in [9.17, 15) is 9.90 Å². The maximum Gasteiger partial charge on any atom is 0.226 e. The third-order valence-electron chi connectivity index (χ3n) is 3.63. The fourth-order valence-electron chi connectivity index (χ4n) is 1.99. The molecule has 20 heavy (non-hydrogen) atoms.